The number of nitrogens with one attached hydrogen (secondary N) is 8. The van der Waals surface area contributed by atoms with Gasteiger partial charge in [0.1, 0.15) is 42.3 Å². The van der Waals surface area contributed by atoms with Crippen molar-refractivity contribution in [2.45, 2.75) is 143 Å². The van der Waals surface area contributed by atoms with Crippen molar-refractivity contribution in [3.63, 3.8) is 0 Å². The van der Waals surface area contributed by atoms with Gasteiger partial charge in [0.25, 0.3) is 0 Å². The second kappa shape index (κ2) is 28.2. The van der Waals surface area contributed by atoms with E-state index < -0.39 is 151 Å². The van der Waals surface area contributed by atoms with Crippen LogP contribution < -0.4 is 54.0 Å². The van der Waals surface area contributed by atoms with Crippen LogP contribution in [0.25, 0.3) is 0 Å². The van der Waals surface area contributed by atoms with E-state index in [0.717, 1.165) is 0 Å². The summed E-state index contributed by atoms with van der Waals surface area (Å²) in [5, 5.41) is 48.1. The minimum Gasteiger partial charge on any atom is -0.481 e. The van der Waals surface area contributed by atoms with Crippen molar-refractivity contribution >= 4 is 59.2 Å². The molecule has 0 saturated carbocycles. The number of carbonyl (C=O) groups is 10. The van der Waals surface area contributed by atoms with Gasteiger partial charge < -0.3 is 69.3 Å². The van der Waals surface area contributed by atoms with Crippen LogP contribution in [-0.2, 0) is 47.9 Å². The van der Waals surface area contributed by atoms with Crippen molar-refractivity contribution in [3.05, 3.63) is 0 Å². The molecule has 0 heterocycles. The molecule has 0 aromatic heterocycles. The molecule has 0 aromatic rings. The Morgan fingerprint density at radius 2 is 0.984 bits per heavy atom. The standard InChI is InChI=1S/C39H70N10O13/c1-10-21(8)31(38(60)43-23(13-11-12-14-40)34(56)48-30(20(6)7)39(61)62)49-37(59)28(18(2)3)46-26(51)16-42-33(55)24(15-27(52)53)44-35(57)25(17-50)45-36(58)29(19(4)5)47-32(54)22(9)41/h18-25,28-31,50H,10-17,40-41H2,1-9H3,(H,42,55)(H,43,60)(H,44,57)(H,45,58)(H,46,51)(H,47,54)(H,48,56)(H,49,59)(H,52,53)(H,61,62)/t21-,22-,23-,24-,25-,28-,29-,30-,31-/m0/s1. The van der Waals surface area contributed by atoms with Gasteiger partial charge >= 0.3 is 11.9 Å². The Morgan fingerprint density at radius 3 is 1.45 bits per heavy atom. The lowest BCUT2D eigenvalue weighted by atomic mass is 9.95. The number of aliphatic hydroxyl groups is 1. The van der Waals surface area contributed by atoms with Gasteiger partial charge in [-0.25, -0.2) is 4.79 Å². The van der Waals surface area contributed by atoms with Crippen LogP contribution >= 0.6 is 0 Å². The van der Waals surface area contributed by atoms with Gasteiger partial charge in [-0.3, -0.25) is 43.2 Å². The molecule has 62 heavy (non-hydrogen) atoms. The van der Waals surface area contributed by atoms with E-state index in [2.05, 4.69) is 42.5 Å². The Kier molecular flexibility index (Phi) is 25.8. The highest BCUT2D eigenvalue weighted by molar-refractivity contribution is 5.98. The highest BCUT2D eigenvalue weighted by Gasteiger charge is 2.36. The number of amides is 8. The molecule has 0 spiro atoms. The molecule has 0 bridgehead atoms. The summed E-state index contributed by atoms with van der Waals surface area (Å²) in [7, 11) is 0. The molecule has 23 heteroatoms. The summed E-state index contributed by atoms with van der Waals surface area (Å²) < 4.78 is 0. The Bertz CT molecular complexity index is 1560. The third-order valence-corrected chi connectivity index (χ3v) is 9.78. The molecular formula is C39H70N10O13. The predicted molar refractivity (Wildman–Crippen MR) is 224 cm³/mol. The van der Waals surface area contributed by atoms with Crippen molar-refractivity contribution in [1.82, 2.24) is 42.5 Å². The number of carbonyl (C=O) groups excluding carboxylic acids is 8. The molecule has 0 radical (unpaired) electrons. The van der Waals surface area contributed by atoms with E-state index in [1.54, 1.807) is 55.4 Å². The van der Waals surface area contributed by atoms with E-state index in [4.69, 9.17) is 11.5 Å². The highest BCUT2D eigenvalue weighted by atomic mass is 16.4. The molecule has 23 nitrogen and oxygen atoms in total. The zero-order valence-electron chi connectivity index (χ0n) is 37.2. The van der Waals surface area contributed by atoms with Crippen LogP contribution in [0.3, 0.4) is 0 Å². The number of carboxylic acid groups (broad SMARTS) is 2. The van der Waals surface area contributed by atoms with Gasteiger partial charge in [0, 0.05) is 0 Å². The summed E-state index contributed by atoms with van der Waals surface area (Å²) in [5.41, 5.74) is 11.2. The first-order chi connectivity index (χ1) is 28.8. The van der Waals surface area contributed by atoms with Crippen LogP contribution in [0.2, 0.25) is 0 Å². The van der Waals surface area contributed by atoms with Crippen molar-refractivity contribution in [1.29, 1.82) is 0 Å². The Hall–Kier alpha value is -5.42. The topological polar surface area (TPSA) is 380 Å². The molecule has 0 saturated heterocycles. The molecule has 0 aromatic carbocycles. The smallest absolute Gasteiger partial charge is 0.326 e. The first kappa shape index (κ1) is 56.6. The predicted octanol–water partition coefficient (Wildman–Crippen LogP) is -3.46. The summed E-state index contributed by atoms with van der Waals surface area (Å²) in [4.78, 5) is 128. The van der Waals surface area contributed by atoms with E-state index >= 15 is 0 Å². The second-order valence-corrected chi connectivity index (χ2v) is 16.2. The minimum absolute atomic E-state index is 0.126. The average Bonchev–Trinajstić information content (AvgIpc) is 3.18. The summed E-state index contributed by atoms with van der Waals surface area (Å²) in [6, 6.07) is -10.5. The molecule has 0 unspecified atom stereocenters. The minimum atomic E-state index is -1.81. The van der Waals surface area contributed by atoms with Gasteiger partial charge in [-0.15, -0.1) is 0 Å². The van der Waals surface area contributed by atoms with E-state index in [-0.39, 0.29) is 6.42 Å². The lowest BCUT2D eigenvalue weighted by molar-refractivity contribution is -0.143. The molecule has 0 aliphatic heterocycles. The van der Waals surface area contributed by atoms with Crippen LogP contribution in [0.15, 0.2) is 0 Å². The molecule has 8 amide bonds. The van der Waals surface area contributed by atoms with Crippen molar-refractivity contribution in [2.75, 3.05) is 19.7 Å². The number of nitrogens with two attached hydrogens (primary N) is 2. The summed E-state index contributed by atoms with van der Waals surface area (Å²) in [6.45, 7) is 13.0. The first-order valence-electron chi connectivity index (χ1n) is 20.7. The van der Waals surface area contributed by atoms with Crippen molar-refractivity contribution in [2.24, 2.45) is 35.1 Å². The zero-order chi connectivity index (χ0) is 48.0. The van der Waals surface area contributed by atoms with Gasteiger partial charge in [0.2, 0.25) is 47.3 Å². The SMILES string of the molecule is CC[C@H](C)[C@H](NC(=O)[C@@H](NC(=O)CNC(=O)[C@H](CC(=O)O)NC(=O)[C@H](CO)NC(=O)[C@@H](NC(=O)[C@H](C)N)C(C)C)C(C)C)C(=O)N[C@@H](CCCCN)C(=O)N[C@H](C(=O)O)C(C)C. The van der Waals surface area contributed by atoms with Gasteiger partial charge in [-0.05, 0) is 56.4 Å². The normalized spacial score (nSPS) is 15.6. The van der Waals surface area contributed by atoms with Gasteiger partial charge in [0.15, 0.2) is 0 Å². The number of unbranched alkanes of at least 4 members (excludes halogenated alkanes) is 1. The van der Waals surface area contributed by atoms with Crippen molar-refractivity contribution in [3.8, 4) is 0 Å². The number of aliphatic carboxylic acids is 2. The van der Waals surface area contributed by atoms with Gasteiger partial charge in [-0.1, -0.05) is 61.8 Å². The number of hydrogen-bond donors (Lipinski definition) is 13. The maximum Gasteiger partial charge on any atom is 0.326 e. The Balaban J connectivity index is 5.97. The molecule has 9 atom stereocenters. The van der Waals surface area contributed by atoms with Crippen LogP contribution in [0.5, 0.6) is 0 Å². The zero-order valence-corrected chi connectivity index (χ0v) is 37.2. The molecule has 0 fully saturated rings. The average molecular weight is 887 g/mol. The highest BCUT2D eigenvalue weighted by Crippen LogP contribution is 2.13. The maximum atomic E-state index is 13.7. The first-order valence-corrected chi connectivity index (χ1v) is 20.7. The monoisotopic (exact) mass is 887 g/mol. The fourth-order valence-electron chi connectivity index (χ4n) is 5.72. The molecule has 354 valence electrons. The fourth-order valence-corrected chi connectivity index (χ4v) is 5.72. The quantitative estimate of drug-likeness (QED) is 0.0325. The van der Waals surface area contributed by atoms with E-state index in [0.29, 0.717) is 25.8 Å². The van der Waals surface area contributed by atoms with Crippen molar-refractivity contribution < 1.29 is 63.3 Å². The molecular weight excluding hydrogens is 816 g/mol. The van der Waals surface area contributed by atoms with Crippen LogP contribution in [0.1, 0.15) is 94.4 Å². The largest absolute Gasteiger partial charge is 0.481 e. The van der Waals surface area contributed by atoms with E-state index in [9.17, 15) is 63.3 Å². The van der Waals surface area contributed by atoms with Gasteiger partial charge in [0.05, 0.1) is 25.6 Å². The molecule has 15 N–H and O–H groups in total. The molecule has 0 rings (SSSR count). The number of hydrogen-bond acceptors (Lipinski definition) is 13. The van der Waals surface area contributed by atoms with Gasteiger partial charge in [-0.2, -0.15) is 0 Å². The van der Waals surface area contributed by atoms with E-state index in [1.165, 1.54) is 6.92 Å². The fraction of sp³-hybridized carbons (Fsp3) is 0.744. The van der Waals surface area contributed by atoms with E-state index in [1.807, 2.05) is 0 Å². The third kappa shape index (κ3) is 20.0. The summed E-state index contributed by atoms with van der Waals surface area (Å²) in [6.07, 6.45) is 0.485. The van der Waals surface area contributed by atoms with Crippen LogP contribution in [0.4, 0.5) is 0 Å². The lowest BCUT2D eigenvalue weighted by Gasteiger charge is -2.30. The Labute approximate surface area is 362 Å². The lowest BCUT2D eigenvalue weighted by Crippen LogP contribution is -2.61. The second-order valence-electron chi connectivity index (χ2n) is 16.2. The summed E-state index contributed by atoms with van der Waals surface area (Å²) in [5.74, 6) is -11.8. The number of aliphatic hydroxyl groups excluding tert-OH is 1. The molecule has 0 aliphatic rings. The Morgan fingerprint density at radius 1 is 0.532 bits per heavy atom. The maximum absolute atomic E-state index is 13.7. The third-order valence-electron chi connectivity index (χ3n) is 9.78. The molecule has 0 aliphatic carbocycles. The van der Waals surface area contributed by atoms with Crippen LogP contribution in [0, 0.1) is 23.7 Å². The number of rotatable bonds is 29. The summed E-state index contributed by atoms with van der Waals surface area (Å²) >= 11 is 0. The number of carboxylic acids is 2. The van der Waals surface area contributed by atoms with Crippen LogP contribution in [-0.4, -0.2) is 143 Å².